The van der Waals surface area contributed by atoms with Crippen molar-refractivity contribution in [2.45, 2.75) is 11.8 Å². The molecule has 2 N–H and O–H groups in total. The number of aryl methyl sites for hydroxylation is 1. The maximum atomic E-state index is 12.2. The molecule has 0 aliphatic heterocycles. The van der Waals surface area contributed by atoms with E-state index >= 15 is 0 Å². The molecule has 2 aromatic rings. The minimum Gasteiger partial charge on any atom is -0.329 e. The summed E-state index contributed by atoms with van der Waals surface area (Å²) in [5, 5.41) is 2.50. The second-order valence-corrected chi connectivity index (χ2v) is 5.95. The van der Waals surface area contributed by atoms with Crippen molar-refractivity contribution >= 4 is 27.8 Å². The number of carbonyl (C=O) groups is 1. The predicted molar refractivity (Wildman–Crippen MR) is 78.1 cm³/mol. The highest BCUT2D eigenvalue weighted by molar-refractivity contribution is 7.92. The van der Waals surface area contributed by atoms with Crippen molar-refractivity contribution in [1.82, 2.24) is 0 Å². The molecule has 0 saturated heterocycles. The van der Waals surface area contributed by atoms with Crippen molar-refractivity contribution in [3.8, 4) is 0 Å². The molecule has 0 heterocycles. The van der Waals surface area contributed by atoms with Crippen LogP contribution in [-0.2, 0) is 14.8 Å². The molecular weight excluding hydrogens is 276 g/mol. The van der Waals surface area contributed by atoms with Crippen molar-refractivity contribution in [3.63, 3.8) is 0 Å². The molecule has 0 radical (unpaired) electrons. The SMILES string of the molecule is Cc1cc(NC=O)cc(NS(=O)(=O)c2ccccc2)c1. The van der Waals surface area contributed by atoms with E-state index in [1.807, 2.05) is 6.92 Å². The normalized spacial score (nSPS) is 10.8. The van der Waals surface area contributed by atoms with E-state index in [1.165, 1.54) is 12.1 Å². The average Bonchev–Trinajstić information content (AvgIpc) is 2.39. The standard InChI is InChI=1S/C14H14N2O3S/c1-11-7-12(15-10-17)9-13(8-11)16-20(18,19)14-5-3-2-4-6-14/h2-10,16H,1H3,(H,15,17). The first-order chi connectivity index (χ1) is 9.51. The fourth-order valence-electron chi connectivity index (χ4n) is 1.81. The van der Waals surface area contributed by atoms with Crippen LogP contribution in [0.1, 0.15) is 5.56 Å². The molecule has 6 heteroatoms. The van der Waals surface area contributed by atoms with E-state index < -0.39 is 10.0 Å². The van der Waals surface area contributed by atoms with Crippen LogP contribution in [0.25, 0.3) is 0 Å². The molecule has 0 aliphatic carbocycles. The van der Waals surface area contributed by atoms with Gasteiger partial charge in [0.25, 0.3) is 10.0 Å². The number of nitrogens with one attached hydrogen (secondary N) is 2. The molecule has 0 unspecified atom stereocenters. The Labute approximate surface area is 117 Å². The molecule has 0 aromatic heterocycles. The van der Waals surface area contributed by atoms with E-state index in [-0.39, 0.29) is 4.90 Å². The maximum absolute atomic E-state index is 12.2. The highest BCUT2D eigenvalue weighted by atomic mass is 32.2. The number of benzene rings is 2. The van der Waals surface area contributed by atoms with Crippen LogP contribution in [0.2, 0.25) is 0 Å². The van der Waals surface area contributed by atoms with Gasteiger partial charge in [0.2, 0.25) is 6.41 Å². The Morgan fingerprint density at radius 3 is 2.30 bits per heavy atom. The summed E-state index contributed by atoms with van der Waals surface area (Å²) in [5.41, 5.74) is 1.77. The number of sulfonamides is 1. The molecule has 104 valence electrons. The number of anilines is 2. The first kappa shape index (κ1) is 14.1. The van der Waals surface area contributed by atoms with Crippen molar-refractivity contribution in [2.75, 3.05) is 10.0 Å². The number of hydrogen-bond donors (Lipinski definition) is 2. The lowest BCUT2D eigenvalue weighted by molar-refractivity contribution is -0.105. The summed E-state index contributed by atoms with van der Waals surface area (Å²) in [6, 6.07) is 13.1. The van der Waals surface area contributed by atoms with Crippen LogP contribution in [0.5, 0.6) is 0 Å². The van der Waals surface area contributed by atoms with Crippen LogP contribution in [0.3, 0.4) is 0 Å². The Balaban J connectivity index is 2.32. The average molecular weight is 290 g/mol. The van der Waals surface area contributed by atoms with Gasteiger partial charge in [-0.05, 0) is 42.8 Å². The van der Waals surface area contributed by atoms with E-state index in [4.69, 9.17) is 0 Å². The summed E-state index contributed by atoms with van der Waals surface area (Å²) in [6.07, 6.45) is 0.546. The largest absolute Gasteiger partial charge is 0.329 e. The van der Waals surface area contributed by atoms with Crippen LogP contribution in [0, 0.1) is 6.92 Å². The second-order valence-electron chi connectivity index (χ2n) is 4.27. The van der Waals surface area contributed by atoms with Crippen molar-refractivity contribution < 1.29 is 13.2 Å². The summed E-state index contributed by atoms with van der Waals surface area (Å²) in [5.74, 6) is 0. The molecule has 0 atom stereocenters. The summed E-state index contributed by atoms with van der Waals surface area (Å²) >= 11 is 0. The van der Waals surface area contributed by atoms with Gasteiger partial charge in [0.15, 0.2) is 0 Å². The van der Waals surface area contributed by atoms with E-state index in [2.05, 4.69) is 10.0 Å². The minimum absolute atomic E-state index is 0.186. The zero-order valence-corrected chi connectivity index (χ0v) is 11.6. The van der Waals surface area contributed by atoms with Gasteiger partial charge in [-0.25, -0.2) is 8.42 Å². The van der Waals surface area contributed by atoms with Crippen LogP contribution in [0.15, 0.2) is 53.4 Å². The lowest BCUT2D eigenvalue weighted by Gasteiger charge is -2.10. The van der Waals surface area contributed by atoms with Gasteiger partial charge in [0.1, 0.15) is 0 Å². The van der Waals surface area contributed by atoms with Crippen LogP contribution >= 0.6 is 0 Å². The molecular formula is C14H14N2O3S. The van der Waals surface area contributed by atoms with E-state index in [1.54, 1.807) is 36.4 Å². The maximum Gasteiger partial charge on any atom is 0.261 e. The van der Waals surface area contributed by atoms with Gasteiger partial charge < -0.3 is 5.32 Å². The number of rotatable bonds is 5. The van der Waals surface area contributed by atoms with E-state index in [0.717, 1.165) is 5.56 Å². The highest BCUT2D eigenvalue weighted by Gasteiger charge is 2.13. The van der Waals surface area contributed by atoms with Gasteiger partial charge in [-0.15, -0.1) is 0 Å². The molecule has 2 aromatic carbocycles. The summed E-state index contributed by atoms with van der Waals surface area (Å²) in [6.45, 7) is 1.82. The topological polar surface area (TPSA) is 75.3 Å². The molecule has 1 amide bonds. The fraction of sp³-hybridized carbons (Fsp3) is 0.0714. The third kappa shape index (κ3) is 3.36. The molecule has 2 rings (SSSR count). The first-order valence-electron chi connectivity index (χ1n) is 5.91. The zero-order valence-electron chi connectivity index (χ0n) is 10.8. The number of hydrogen-bond acceptors (Lipinski definition) is 3. The van der Waals surface area contributed by atoms with Gasteiger partial charge in [-0.1, -0.05) is 18.2 Å². The first-order valence-corrected chi connectivity index (χ1v) is 7.39. The molecule has 0 fully saturated rings. The zero-order chi connectivity index (χ0) is 14.6. The Morgan fingerprint density at radius 1 is 1.00 bits per heavy atom. The van der Waals surface area contributed by atoms with E-state index in [0.29, 0.717) is 17.8 Å². The predicted octanol–water partition coefficient (Wildman–Crippen LogP) is 2.36. The van der Waals surface area contributed by atoms with Crippen molar-refractivity contribution in [3.05, 3.63) is 54.1 Å². The molecule has 5 nitrogen and oxygen atoms in total. The summed E-state index contributed by atoms with van der Waals surface area (Å²) in [7, 11) is -3.63. The number of amides is 1. The van der Waals surface area contributed by atoms with Crippen LogP contribution < -0.4 is 10.0 Å². The van der Waals surface area contributed by atoms with Crippen molar-refractivity contribution in [2.24, 2.45) is 0 Å². The quantitative estimate of drug-likeness (QED) is 0.830. The lowest BCUT2D eigenvalue weighted by Crippen LogP contribution is -2.13. The minimum atomic E-state index is -3.63. The summed E-state index contributed by atoms with van der Waals surface area (Å²) in [4.78, 5) is 10.6. The molecule has 20 heavy (non-hydrogen) atoms. The molecule has 0 bridgehead atoms. The smallest absolute Gasteiger partial charge is 0.261 e. The van der Waals surface area contributed by atoms with Crippen LogP contribution in [-0.4, -0.2) is 14.8 Å². The molecule has 0 aliphatic rings. The van der Waals surface area contributed by atoms with Crippen LogP contribution in [0.4, 0.5) is 11.4 Å². The number of carbonyl (C=O) groups excluding carboxylic acids is 1. The Morgan fingerprint density at radius 2 is 1.65 bits per heavy atom. The second kappa shape index (κ2) is 5.75. The highest BCUT2D eigenvalue weighted by Crippen LogP contribution is 2.21. The fourth-order valence-corrected chi connectivity index (χ4v) is 2.87. The summed E-state index contributed by atoms with van der Waals surface area (Å²) < 4.78 is 26.9. The van der Waals surface area contributed by atoms with Gasteiger partial charge in [-0.2, -0.15) is 0 Å². The third-order valence-corrected chi connectivity index (χ3v) is 4.01. The Hall–Kier alpha value is -2.34. The molecule has 0 spiro atoms. The van der Waals surface area contributed by atoms with Gasteiger partial charge in [-0.3, -0.25) is 9.52 Å². The van der Waals surface area contributed by atoms with Gasteiger partial charge in [0.05, 0.1) is 10.6 Å². The lowest BCUT2D eigenvalue weighted by atomic mass is 10.2. The van der Waals surface area contributed by atoms with Crippen molar-refractivity contribution in [1.29, 1.82) is 0 Å². The molecule has 0 saturated carbocycles. The monoisotopic (exact) mass is 290 g/mol. The Kier molecular flexibility index (Phi) is 4.05. The third-order valence-electron chi connectivity index (χ3n) is 2.61. The van der Waals surface area contributed by atoms with Gasteiger partial charge >= 0.3 is 0 Å². The van der Waals surface area contributed by atoms with E-state index in [9.17, 15) is 13.2 Å². The Bertz CT molecular complexity index is 712. The van der Waals surface area contributed by atoms with Gasteiger partial charge in [0, 0.05) is 5.69 Å².